The second-order valence-electron chi connectivity index (χ2n) is 5.41. The van der Waals surface area contributed by atoms with Gasteiger partial charge in [-0.15, -0.1) is 0 Å². The zero-order valence-corrected chi connectivity index (χ0v) is 12.4. The quantitative estimate of drug-likeness (QED) is 0.619. The lowest BCUT2D eigenvalue weighted by atomic mass is 10.1. The van der Waals surface area contributed by atoms with E-state index in [0.717, 1.165) is 43.5 Å². The molecule has 110 valence electrons. The van der Waals surface area contributed by atoms with Gasteiger partial charge in [-0.2, -0.15) is 0 Å². The first-order chi connectivity index (χ1) is 9.69. The zero-order valence-electron chi connectivity index (χ0n) is 12.4. The van der Waals surface area contributed by atoms with Crippen molar-refractivity contribution in [2.45, 2.75) is 33.1 Å². The van der Waals surface area contributed by atoms with Crippen molar-refractivity contribution < 1.29 is 4.39 Å². The van der Waals surface area contributed by atoms with Crippen LogP contribution < -0.4 is 10.6 Å². The van der Waals surface area contributed by atoms with E-state index in [4.69, 9.17) is 0 Å². The SMILES string of the molecule is CCNC(=NCC1CC1)NCCc1ccc(F)cc1C. The summed E-state index contributed by atoms with van der Waals surface area (Å²) in [7, 11) is 0. The van der Waals surface area contributed by atoms with Crippen molar-refractivity contribution in [1.82, 2.24) is 10.6 Å². The Morgan fingerprint density at radius 2 is 2.15 bits per heavy atom. The van der Waals surface area contributed by atoms with Crippen LogP contribution in [0.15, 0.2) is 23.2 Å². The van der Waals surface area contributed by atoms with Crippen molar-refractivity contribution in [2.24, 2.45) is 10.9 Å². The third-order valence-corrected chi connectivity index (χ3v) is 3.54. The van der Waals surface area contributed by atoms with Crippen molar-refractivity contribution >= 4 is 5.96 Å². The van der Waals surface area contributed by atoms with E-state index in [9.17, 15) is 4.39 Å². The number of hydrogen-bond acceptors (Lipinski definition) is 1. The summed E-state index contributed by atoms with van der Waals surface area (Å²) in [5, 5.41) is 6.59. The van der Waals surface area contributed by atoms with E-state index in [-0.39, 0.29) is 5.82 Å². The molecular formula is C16H24FN3. The number of rotatable bonds is 6. The molecule has 2 rings (SSSR count). The predicted octanol–water partition coefficient (Wildman–Crippen LogP) is 2.64. The maximum atomic E-state index is 13.0. The minimum atomic E-state index is -0.168. The van der Waals surface area contributed by atoms with Gasteiger partial charge in [-0.3, -0.25) is 4.99 Å². The summed E-state index contributed by atoms with van der Waals surface area (Å²) in [5.41, 5.74) is 2.18. The Morgan fingerprint density at radius 3 is 2.80 bits per heavy atom. The number of aliphatic imine (C=N–C) groups is 1. The lowest BCUT2D eigenvalue weighted by Gasteiger charge is -2.12. The molecular weight excluding hydrogens is 253 g/mol. The summed E-state index contributed by atoms with van der Waals surface area (Å²) in [4.78, 5) is 4.58. The molecule has 1 fully saturated rings. The molecule has 1 aliphatic carbocycles. The molecule has 0 heterocycles. The topological polar surface area (TPSA) is 36.4 Å². The van der Waals surface area contributed by atoms with Gasteiger partial charge in [-0.25, -0.2) is 4.39 Å². The van der Waals surface area contributed by atoms with Gasteiger partial charge in [0.15, 0.2) is 5.96 Å². The number of hydrogen-bond donors (Lipinski definition) is 2. The van der Waals surface area contributed by atoms with Gasteiger partial charge in [-0.1, -0.05) is 6.07 Å². The normalized spacial score (nSPS) is 15.2. The summed E-state index contributed by atoms with van der Waals surface area (Å²) in [5.74, 6) is 1.52. The van der Waals surface area contributed by atoms with Crippen LogP contribution in [-0.4, -0.2) is 25.6 Å². The molecule has 0 unspecified atom stereocenters. The number of nitrogens with zero attached hydrogens (tertiary/aromatic N) is 1. The number of nitrogens with one attached hydrogen (secondary N) is 2. The molecule has 1 aromatic rings. The van der Waals surface area contributed by atoms with Gasteiger partial charge in [0.2, 0.25) is 0 Å². The molecule has 4 heteroatoms. The summed E-state index contributed by atoms with van der Waals surface area (Å²) < 4.78 is 13.0. The van der Waals surface area contributed by atoms with Gasteiger partial charge in [0.1, 0.15) is 5.82 Å². The van der Waals surface area contributed by atoms with E-state index >= 15 is 0 Å². The van der Waals surface area contributed by atoms with Crippen molar-refractivity contribution in [3.63, 3.8) is 0 Å². The van der Waals surface area contributed by atoms with Crippen LogP contribution in [0.4, 0.5) is 4.39 Å². The van der Waals surface area contributed by atoms with Crippen LogP contribution in [0, 0.1) is 18.7 Å². The van der Waals surface area contributed by atoms with Gasteiger partial charge < -0.3 is 10.6 Å². The Bertz CT molecular complexity index is 467. The van der Waals surface area contributed by atoms with E-state index in [1.165, 1.54) is 24.5 Å². The lowest BCUT2D eigenvalue weighted by molar-refractivity contribution is 0.625. The van der Waals surface area contributed by atoms with E-state index in [1.807, 2.05) is 13.0 Å². The molecule has 1 saturated carbocycles. The van der Waals surface area contributed by atoms with Crippen LogP contribution in [0.25, 0.3) is 0 Å². The fourth-order valence-corrected chi connectivity index (χ4v) is 2.12. The zero-order chi connectivity index (χ0) is 14.4. The molecule has 20 heavy (non-hydrogen) atoms. The minimum absolute atomic E-state index is 0.168. The van der Waals surface area contributed by atoms with Crippen molar-refractivity contribution in [3.05, 3.63) is 35.1 Å². The first kappa shape index (κ1) is 14.8. The van der Waals surface area contributed by atoms with Gasteiger partial charge in [0, 0.05) is 19.6 Å². The molecule has 1 aliphatic rings. The number of guanidine groups is 1. The fraction of sp³-hybridized carbons (Fsp3) is 0.562. The maximum Gasteiger partial charge on any atom is 0.191 e. The Balaban J connectivity index is 1.80. The predicted molar refractivity (Wildman–Crippen MR) is 81.5 cm³/mol. The van der Waals surface area contributed by atoms with Crippen molar-refractivity contribution in [2.75, 3.05) is 19.6 Å². The largest absolute Gasteiger partial charge is 0.357 e. The maximum absolute atomic E-state index is 13.0. The van der Waals surface area contributed by atoms with Gasteiger partial charge in [0.25, 0.3) is 0 Å². The summed E-state index contributed by atoms with van der Waals surface area (Å²) in [6.45, 7) is 6.61. The summed E-state index contributed by atoms with van der Waals surface area (Å²) in [6.07, 6.45) is 3.51. The fourth-order valence-electron chi connectivity index (χ4n) is 2.12. The number of benzene rings is 1. The third-order valence-electron chi connectivity index (χ3n) is 3.54. The van der Waals surface area contributed by atoms with Crippen LogP contribution >= 0.6 is 0 Å². The first-order valence-electron chi connectivity index (χ1n) is 7.46. The Morgan fingerprint density at radius 1 is 1.35 bits per heavy atom. The van der Waals surface area contributed by atoms with Gasteiger partial charge in [-0.05, 0) is 62.3 Å². The molecule has 0 spiro atoms. The standard InChI is InChI=1S/C16H24FN3/c1-3-18-16(20-11-13-4-5-13)19-9-8-14-6-7-15(17)10-12(14)2/h6-7,10,13H,3-5,8-9,11H2,1-2H3,(H2,18,19,20). The Kier molecular flexibility index (Phi) is 5.39. The molecule has 0 bridgehead atoms. The van der Waals surface area contributed by atoms with E-state index < -0.39 is 0 Å². The molecule has 0 aromatic heterocycles. The second kappa shape index (κ2) is 7.27. The van der Waals surface area contributed by atoms with E-state index in [2.05, 4.69) is 22.5 Å². The van der Waals surface area contributed by atoms with E-state index in [0.29, 0.717) is 0 Å². The molecule has 2 N–H and O–H groups in total. The average molecular weight is 277 g/mol. The summed E-state index contributed by atoms with van der Waals surface area (Å²) in [6, 6.07) is 4.97. The Labute approximate surface area is 120 Å². The van der Waals surface area contributed by atoms with Gasteiger partial charge in [0.05, 0.1) is 0 Å². The highest BCUT2D eigenvalue weighted by Crippen LogP contribution is 2.28. The second-order valence-corrected chi connectivity index (χ2v) is 5.41. The molecule has 0 radical (unpaired) electrons. The van der Waals surface area contributed by atoms with Crippen molar-refractivity contribution in [1.29, 1.82) is 0 Å². The van der Waals surface area contributed by atoms with Crippen LogP contribution in [-0.2, 0) is 6.42 Å². The number of aryl methyl sites for hydroxylation is 1. The monoisotopic (exact) mass is 277 g/mol. The Hall–Kier alpha value is -1.58. The van der Waals surface area contributed by atoms with E-state index in [1.54, 1.807) is 6.07 Å². The highest BCUT2D eigenvalue weighted by atomic mass is 19.1. The van der Waals surface area contributed by atoms with Crippen molar-refractivity contribution in [3.8, 4) is 0 Å². The van der Waals surface area contributed by atoms with Crippen LogP contribution in [0.1, 0.15) is 30.9 Å². The molecule has 0 atom stereocenters. The number of halogens is 1. The minimum Gasteiger partial charge on any atom is -0.357 e. The third kappa shape index (κ3) is 4.83. The summed E-state index contributed by atoms with van der Waals surface area (Å²) >= 11 is 0. The highest BCUT2D eigenvalue weighted by Gasteiger charge is 2.20. The lowest BCUT2D eigenvalue weighted by Crippen LogP contribution is -2.38. The smallest absolute Gasteiger partial charge is 0.191 e. The molecule has 3 nitrogen and oxygen atoms in total. The molecule has 0 aliphatic heterocycles. The molecule has 1 aromatic carbocycles. The molecule has 0 amide bonds. The van der Waals surface area contributed by atoms with Crippen LogP contribution in [0.5, 0.6) is 0 Å². The van der Waals surface area contributed by atoms with Crippen LogP contribution in [0.3, 0.4) is 0 Å². The first-order valence-corrected chi connectivity index (χ1v) is 7.46. The van der Waals surface area contributed by atoms with Crippen LogP contribution in [0.2, 0.25) is 0 Å². The average Bonchev–Trinajstić information content (AvgIpc) is 3.22. The van der Waals surface area contributed by atoms with Gasteiger partial charge >= 0.3 is 0 Å². The highest BCUT2D eigenvalue weighted by molar-refractivity contribution is 5.79. The molecule has 0 saturated heterocycles.